The summed E-state index contributed by atoms with van der Waals surface area (Å²) >= 11 is 0. The lowest BCUT2D eigenvalue weighted by Gasteiger charge is -2.40. The second-order valence-corrected chi connectivity index (χ2v) is 5.13. The van der Waals surface area contributed by atoms with Crippen molar-refractivity contribution in [2.24, 2.45) is 0 Å². The van der Waals surface area contributed by atoms with Gasteiger partial charge in [0.2, 0.25) is 0 Å². The molecule has 0 bridgehead atoms. The molecule has 0 spiro atoms. The molecule has 0 aliphatic carbocycles. The molecule has 0 amide bonds. The summed E-state index contributed by atoms with van der Waals surface area (Å²) in [5.41, 5.74) is 2.18. The maximum atomic E-state index is 10.1. The zero-order valence-electron chi connectivity index (χ0n) is 11.5. The standard InChI is InChI=1S/C15H23NO2/c1-4-15(17)13-7-5-6-8-14(13)16-9-12(3)18-10-11(16)2/h5-8,11-12,15,17H,4,9-10H2,1-3H3. The van der Waals surface area contributed by atoms with E-state index in [1.807, 2.05) is 25.1 Å². The number of anilines is 1. The quantitative estimate of drug-likeness (QED) is 0.894. The number of morpholine rings is 1. The van der Waals surface area contributed by atoms with Crippen molar-refractivity contribution in [3.8, 4) is 0 Å². The van der Waals surface area contributed by atoms with E-state index in [2.05, 4.69) is 24.8 Å². The van der Waals surface area contributed by atoms with Crippen molar-refractivity contribution in [3.63, 3.8) is 0 Å². The molecular weight excluding hydrogens is 226 g/mol. The van der Waals surface area contributed by atoms with Crippen LogP contribution in [0.5, 0.6) is 0 Å². The van der Waals surface area contributed by atoms with E-state index in [1.54, 1.807) is 0 Å². The second kappa shape index (κ2) is 5.72. The van der Waals surface area contributed by atoms with E-state index in [9.17, 15) is 5.11 Å². The lowest BCUT2D eigenvalue weighted by atomic mass is 10.0. The Morgan fingerprint density at radius 1 is 1.39 bits per heavy atom. The van der Waals surface area contributed by atoms with Crippen LogP contribution in [0.3, 0.4) is 0 Å². The van der Waals surface area contributed by atoms with Crippen LogP contribution in [-0.4, -0.2) is 30.4 Å². The van der Waals surface area contributed by atoms with E-state index in [4.69, 9.17) is 4.74 Å². The van der Waals surface area contributed by atoms with Gasteiger partial charge in [-0.15, -0.1) is 0 Å². The molecule has 1 N–H and O–H groups in total. The van der Waals surface area contributed by atoms with Gasteiger partial charge >= 0.3 is 0 Å². The summed E-state index contributed by atoms with van der Waals surface area (Å²) in [5.74, 6) is 0. The summed E-state index contributed by atoms with van der Waals surface area (Å²) in [5, 5.41) is 10.1. The summed E-state index contributed by atoms with van der Waals surface area (Å²) in [7, 11) is 0. The fourth-order valence-corrected chi connectivity index (χ4v) is 2.49. The summed E-state index contributed by atoms with van der Waals surface area (Å²) < 4.78 is 5.66. The lowest BCUT2D eigenvalue weighted by molar-refractivity contribution is 0.0340. The Morgan fingerprint density at radius 2 is 2.11 bits per heavy atom. The normalized spacial score (nSPS) is 26.1. The number of nitrogens with zero attached hydrogens (tertiary/aromatic N) is 1. The third-order valence-electron chi connectivity index (χ3n) is 3.60. The van der Waals surface area contributed by atoms with Crippen molar-refractivity contribution >= 4 is 5.69 Å². The molecule has 2 rings (SSSR count). The Kier molecular flexibility index (Phi) is 4.25. The van der Waals surface area contributed by atoms with Crippen molar-refractivity contribution in [3.05, 3.63) is 29.8 Å². The van der Waals surface area contributed by atoms with Crippen molar-refractivity contribution in [2.75, 3.05) is 18.1 Å². The van der Waals surface area contributed by atoms with Crippen molar-refractivity contribution in [1.29, 1.82) is 0 Å². The Hall–Kier alpha value is -1.06. The van der Waals surface area contributed by atoms with Crippen LogP contribution in [-0.2, 0) is 4.74 Å². The van der Waals surface area contributed by atoms with Gasteiger partial charge in [-0.1, -0.05) is 25.1 Å². The predicted octanol–water partition coefficient (Wildman–Crippen LogP) is 2.74. The summed E-state index contributed by atoms with van der Waals surface area (Å²) in [6, 6.07) is 8.51. The number of hydrogen-bond donors (Lipinski definition) is 1. The van der Waals surface area contributed by atoms with E-state index in [1.165, 1.54) is 0 Å². The maximum Gasteiger partial charge on any atom is 0.0807 e. The van der Waals surface area contributed by atoms with Gasteiger partial charge in [0.15, 0.2) is 0 Å². The topological polar surface area (TPSA) is 32.7 Å². The Morgan fingerprint density at radius 3 is 2.83 bits per heavy atom. The largest absolute Gasteiger partial charge is 0.388 e. The van der Waals surface area contributed by atoms with Gasteiger partial charge in [0.25, 0.3) is 0 Å². The average Bonchev–Trinajstić information content (AvgIpc) is 2.40. The minimum atomic E-state index is -0.383. The van der Waals surface area contributed by atoms with Crippen LogP contribution in [0.2, 0.25) is 0 Å². The zero-order chi connectivity index (χ0) is 13.1. The molecule has 18 heavy (non-hydrogen) atoms. The first-order valence-corrected chi connectivity index (χ1v) is 6.78. The highest BCUT2D eigenvalue weighted by atomic mass is 16.5. The van der Waals surface area contributed by atoms with Crippen molar-refractivity contribution < 1.29 is 9.84 Å². The van der Waals surface area contributed by atoms with Gasteiger partial charge in [-0.25, -0.2) is 0 Å². The minimum absolute atomic E-state index is 0.244. The average molecular weight is 249 g/mol. The monoisotopic (exact) mass is 249 g/mol. The number of hydrogen-bond acceptors (Lipinski definition) is 3. The highest BCUT2D eigenvalue weighted by Gasteiger charge is 2.26. The third kappa shape index (κ3) is 2.68. The van der Waals surface area contributed by atoms with E-state index in [-0.39, 0.29) is 12.2 Å². The first kappa shape index (κ1) is 13.4. The van der Waals surface area contributed by atoms with Gasteiger partial charge in [0, 0.05) is 23.8 Å². The molecule has 0 aromatic heterocycles. The molecule has 1 aromatic rings. The van der Waals surface area contributed by atoms with Crippen LogP contribution < -0.4 is 4.90 Å². The summed E-state index contributed by atoms with van der Waals surface area (Å²) in [4.78, 5) is 2.35. The number of aliphatic hydroxyl groups is 1. The van der Waals surface area contributed by atoms with E-state index < -0.39 is 0 Å². The fourth-order valence-electron chi connectivity index (χ4n) is 2.49. The van der Waals surface area contributed by atoms with Crippen LogP contribution in [0, 0.1) is 0 Å². The van der Waals surface area contributed by atoms with Crippen LogP contribution in [0.15, 0.2) is 24.3 Å². The molecule has 3 nitrogen and oxygen atoms in total. The first-order valence-electron chi connectivity index (χ1n) is 6.78. The van der Waals surface area contributed by atoms with Gasteiger partial charge in [0.1, 0.15) is 0 Å². The SMILES string of the molecule is CCC(O)c1ccccc1N1CC(C)OCC1C. The van der Waals surface area contributed by atoms with Crippen LogP contribution >= 0.6 is 0 Å². The molecule has 3 heteroatoms. The number of rotatable bonds is 3. The molecular formula is C15H23NO2. The van der Waals surface area contributed by atoms with Crippen LogP contribution in [0.4, 0.5) is 5.69 Å². The van der Waals surface area contributed by atoms with Crippen molar-refractivity contribution in [1.82, 2.24) is 0 Å². The molecule has 1 aliphatic rings. The smallest absolute Gasteiger partial charge is 0.0807 e. The molecule has 1 aromatic carbocycles. The second-order valence-electron chi connectivity index (χ2n) is 5.13. The zero-order valence-corrected chi connectivity index (χ0v) is 11.5. The number of benzene rings is 1. The number of para-hydroxylation sites is 1. The predicted molar refractivity (Wildman–Crippen MR) is 73.9 cm³/mol. The molecule has 0 saturated carbocycles. The maximum absolute atomic E-state index is 10.1. The minimum Gasteiger partial charge on any atom is -0.388 e. The number of aliphatic hydroxyl groups excluding tert-OH is 1. The lowest BCUT2D eigenvalue weighted by Crippen LogP contribution is -2.47. The van der Waals surface area contributed by atoms with E-state index >= 15 is 0 Å². The first-order chi connectivity index (χ1) is 8.63. The van der Waals surface area contributed by atoms with E-state index in [0.29, 0.717) is 6.04 Å². The fraction of sp³-hybridized carbons (Fsp3) is 0.600. The van der Waals surface area contributed by atoms with Crippen LogP contribution in [0.25, 0.3) is 0 Å². The summed E-state index contributed by atoms with van der Waals surface area (Å²) in [6.07, 6.45) is 0.602. The highest BCUT2D eigenvalue weighted by Crippen LogP contribution is 2.31. The van der Waals surface area contributed by atoms with Gasteiger partial charge in [0.05, 0.1) is 18.8 Å². The molecule has 1 heterocycles. The highest BCUT2D eigenvalue weighted by molar-refractivity contribution is 5.55. The molecule has 1 saturated heterocycles. The molecule has 3 unspecified atom stereocenters. The van der Waals surface area contributed by atoms with Crippen molar-refractivity contribution in [2.45, 2.75) is 45.4 Å². The Balaban J connectivity index is 2.31. The molecule has 100 valence electrons. The molecule has 3 atom stereocenters. The van der Waals surface area contributed by atoms with Gasteiger partial charge in [-0.05, 0) is 26.3 Å². The van der Waals surface area contributed by atoms with Gasteiger partial charge in [-0.2, -0.15) is 0 Å². The Labute approximate surface area is 109 Å². The van der Waals surface area contributed by atoms with Crippen LogP contribution in [0.1, 0.15) is 38.9 Å². The van der Waals surface area contributed by atoms with Gasteiger partial charge < -0.3 is 14.7 Å². The Bertz CT molecular complexity index is 394. The molecule has 1 fully saturated rings. The molecule has 0 radical (unpaired) electrons. The number of ether oxygens (including phenoxy) is 1. The third-order valence-corrected chi connectivity index (χ3v) is 3.60. The molecule has 1 aliphatic heterocycles. The van der Waals surface area contributed by atoms with Gasteiger partial charge in [-0.3, -0.25) is 0 Å². The van der Waals surface area contributed by atoms with E-state index in [0.717, 1.165) is 30.8 Å². The summed E-state index contributed by atoms with van der Waals surface area (Å²) in [6.45, 7) is 7.90.